The minimum atomic E-state index is -0.744. The third-order valence-corrected chi connectivity index (χ3v) is 4.72. The second-order valence-corrected chi connectivity index (χ2v) is 8.59. The van der Waals surface area contributed by atoms with Gasteiger partial charge in [0, 0.05) is 37.1 Å². The zero-order valence-corrected chi connectivity index (χ0v) is 18.7. The number of nitrogens with two attached hydrogens (primary N) is 1. The van der Waals surface area contributed by atoms with Crippen molar-refractivity contribution in [3.63, 3.8) is 0 Å². The largest absolute Gasteiger partial charge is 0.432 e. The Labute approximate surface area is 185 Å². The summed E-state index contributed by atoms with van der Waals surface area (Å²) < 4.78 is 34.7. The molecule has 3 aromatic rings. The number of halogens is 2. The Bertz CT molecular complexity index is 1170. The maximum atomic E-state index is 14.4. The summed E-state index contributed by atoms with van der Waals surface area (Å²) in [6.07, 6.45) is 6.14. The molecule has 7 nitrogen and oxygen atoms in total. The van der Waals surface area contributed by atoms with Crippen LogP contribution < -0.4 is 11.1 Å². The molecule has 170 valence electrons. The van der Waals surface area contributed by atoms with Gasteiger partial charge in [-0.3, -0.25) is 4.40 Å². The van der Waals surface area contributed by atoms with Crippen LogP contribution in [-0.4, -0.2) is 47.7 Å². The summed E-state index contributed by atoms with van der Waals surface area (Å²) in [5, 5.41) is 3.21. The average Bonchev–Trinajstić information content (AvgIpc) is 3.26. The fourth-order valence-corrected chi connectivity index (χ4v) is 3.52. The van der Waals surface area contributed by atoms with Gasteiger partial charge in [0.1, 0.15) is 29.4 Å². The van der Waals surface area contributed by atoms with Crippen LogP contribution in [0.4, 0.5) is 8.78 Å². The van der Waals surface area contributed by atoms with E-state index in [1.54, 1.807) is 16.7 Å². The van der Waals surface area contributed by atoms with Crippen molar-refractivity contribution >= 4 is 17.8 Å². The van der Waals surface area contributed by atoms with Gasteiger partial charge in [0.15, 0.2) is 0 Å². The molecule has 0 spiro atoms. The Balaban J connectivity index is 1.81. The summed E-state index contributed by atoms with van der Waals surface area (Å²) in [6.45, 7) is 9.83. The number of oxazole rings is 1. The predicted octanol–water partition coefficient (Wildman–Crippen LogP) is 3.89. The topological polar surface area (TPSA) is 84.1 Å². The Hall–Kier alpha value is -3.46. The van der Waals surface area contributed by atoms with Gasteiger partial charge in [-0.1, -0.05) is 20.4 Å². The zero-order chi connectivity index (χ0) is 23.5. The number of hydrogen-bond donors (Lipinski definition) is 2. The van der Waals surface area contributed by atoms with Gasteiger partial charge in [-0.25, -0.2) is 13.8 Å². The van der Waals surface area contributed by atoms with Crippen molar-refractivity contribution in [1.82, 2.24) is 19.6 Å². The number of allylic oxidation sites excluding steroid dienone is 1. The van der Waals surface area contributed by atoms with Crippen molar-refractivity contribution in [3.8, 4) is 11.3 Å². The van der Waals surface area contributed by atoms with Gasteiger partial charge >= 0.3 is 5.84 Å². The number of fused-ring (bicyclic) bond motifs is 1. The van der Waals surface area contributed by atoms with Gasteiger partial charge in [-0.05, 0) is 37.7 Å². The second kappa shape index (κ2) is 9.35. The lowest BCUT2D eigenvalue weighted by atomic mass is 9.93. The molecule has 0 saturated heterocycles. The van der Waals surface area contributed by atoms with Gasteiger partial charge in [0.2, 0.25) is 0 Å². The molecule has 0 saturated carbocycles. The molecule has 0 aliphatic carbocycles. The van der Waals surface area contributed by atoms with E-state index in [0.717, 1.165) is 18.7 Å². The molecule has 0 aliphatic heterocycles. The molecule has 0 bridgehead atoms. The summed E-state index contributed by atoms with van der Waals surface area (Å²) in [7, 11) is 4.06. The molecule has 0 aliphatic rings. The summed E-state index contributed by atoms with van der Waals surface area (Å²) in [6, 6.07) is 3.28. The zero-order valence-electron chi connectivity index (χ0n) is 18.7. The molecule has 3 rings (SSSR count). The van der Waals surface area contributed by atoms with E-state index >= 15 is 0 Å². The van der Waals surface area contributed by atoms with E-state index < -0.39 is 11.6 Å². The van der Waals surface area contributed by atoms with Crippen LogP contribution in [0.25, 0.3) is 22.8 Å². The van der Waals surface area contributed by atoms with E-state index in [4.69, 9.17) is 10.2 Å². The molecule has 1 aromatic carbocycles. The van der Waals surface area contributed by atoms with Crippen molar-refractivity contribution in [3.05, 3.63) is 66.5 Å². The van der Waals surface area contributed by atoms with E-state index in [-0.39, 0.29) is 28.2 Å². The molecular formula is C23H28F2N6O. The Morgan fingerprint density at radius 1 is 1.38 bits per heavy atom. The van der Waals surface area contributed by atoms with Crippen molar-refractivity contribution in [2.75, 3.05) is 27.2 Å². The quantitative estimate of drug-likeness (QED) is 0.491. The van der Waals surface area contributed by atoms with Gasteiger partial charge in [0.05, 0.1) is 11.4 Å². The van der Waals surface area contributed by atoms with E-state index in [9.17, 15) is 8.78 Å². The van der Waals surface area contributed by atoms with E-state index in [2.05, 4.69) is 40.6 Å². The Morgan fingerprint density at radius 2 is 2.12 bits per heavy atom. The highest BCUT2D eigenvalue weighted by atomic mass is 19.1. The van der Waals surface area contributed by atoms with Gasteiger partial charge < -0.3 is 20.4 Å². The standard InChI is InChI=1S/C23H28F2N6O/c1-15(28-13-23(2,3)14-30(4)5)27-9-8-19(26)21-20(29-22-31(21)10-11-32-22)17-7-6-16(24)12-18(17)25/h6-12,28H,1,13-14,26H2,2-5H3/b19-8-,27-9?. The van der Waals surface area contributed by atoms with Gasteiger partial charge in [-0.15, -0.1) is 0 Å². The molecule has 0 radical (unpaired) electrons. The second-order valence-electron chi connectivity index (χ2n) is 8.59. The van der Waals surface area contributed by atoms with Gasteiger partial charge in [0.25, 0.3) is 0 Å². The third-order valence-electron chi connectivity index (χ3n) is 4.72. The van der Waals surface area contributed by atoms with Gasteiger partial charge in [-0.2, -0.15) is 4.98 Å². The lowest BCUT2D eigenvalue weighted by Crippen LogP contribution is -2.37. The minimum Gasteiger partial charge on any atom is -0.432 e. The molecular weight excluding hydrogens is 414 g/mol. The summed E-state index contributed by atoms with van der Waals surface area (Å²) in [4.78, 5) is 10.7. The number of nitrogens with zero attached hydrogens (tertiary/aromatic N) is 4. The fraction of sp³-hybridized carbons (Fsp3) is 0.304. The van der Waals surface area contributed by atoms with E-state index in [0.29, 0.717) is 18.1 Å². The lowest BCUT2D eigenvalue weighted by molar-refractivity contribution is 0.237. The number of hydrogen-bond acceptors (Lipinski definition) is 6. The summed E-state index contributed by atoms with van der Waals surface area (Å²) in [5.41, 5.74) is 7.37. The highest BCUT2D eigenvalue weighted by Crippen LogP contribution is 2.30. The van der Waals surface area contributed by atoms with Crippen molar-refractivity contribution in [1.29, 1.82) is 0 Å². The minimum absolute atomic E-state index is 0.0371. The van der Waals surface area contributed by atoms with E-state index in [1.165, 1.54) is 18.5 Å². The Kier molecular flexibility index (Phi) is 6.78. The first-order valence-electron chi connectivity index (χ1n) is 10.1. The number of rotatable bonds is 9. The highest BCUT2D eigenvalue weighted by molar-refractivity contribution is 5.87. The average molecular weight is 443 g/mol. The van der Waals surface area contributed by atoms with Crippen molar-refractivity contribution in [2.45, 2.75) is 13.8 Å². The highest BCUT2D eigenvalue weighted by Gasteiger charge is 2.21. The molecule has 0 amide bonds. The SMILES string of the molecule is C=C(N=C/C=C(\N)c1c(-c2ccc(F)cc2F)nc2occn12)NCC(C)(C)CN(C)C. The number of imidazole rings is 1. The first-order valence-corrected chi connectivity index (χ1v) is 10.1. The lowest BCUT2D eigenvalue weighted by Gasteiger charge is -2.28. The summed E-state index contributed by atoms with van der Waals surface area (Å²) >= 11 is 0. The number of aromatic nitrogens is 2. The van der Waals surface area contributed by atoms with Crippen LogP contribution in [0, 0.1) is 17.0 Å². The first kappa shape index (κ1) is 23.2. The van der Waals surface area contributed by atoms with Crippen LogP contribution in [0.1, 0.15) is 19.5 Å². The molecule has 3 N–H and O–H groups in total. The predicted molar refractivity (Wildman–Crippen MR) is 123 cm³/mol. The number of aliphatic imine (C=N–C) groups is 1. The van der Waals surface area contributed by atoms with Crippen molar-refractivity contribution in [2.24, 2.45) is 16.1 Å². The monoisotopic (exact) mass is 442 g/mol. The van der Waals surface area contributed by atoms with Crippen LogP contribution in [0.15, 0.2) is 58.5 Å². The molecule has 0 fully saturated rings. The summed E-state index contributed by atoms with van der Waals surface area (Å²) in [5.74, 6) is -0.689. The Morgan fingerprint density at radius 3 is 2.81 bits per heavy atom. The van der Waals surface area contributed by atoms with E-state index in [1.807, 2.05) is 14.1 Å². The molecule has 2 aromatic heterocycles. The van der Waals surface area contributed by atoms with Crippen LogP contribution in [0.5, 0.6) is 0 Å². The fourth-order valence-electron chi connectivity index (χ4n) is 3.52. The maximum absolute atomic E-state index is 14.4. The van der Waals surface area contributed by atoms with Crippen LogP contribution in [0.3, 0.4) is 0 Å². The molecule has 9 heteroatoms. The first-order chi connectivity index (χ1) is 15.1. The smallest absolute Gasteiger partial charge is 0.306 e. The molecule has 0 atom stereocenters. The molecule has 0 unspecified atom stereocenters. The normalized spacial score (nSPS) is 12.9. The van der Waals surface area contributed by atoms with Crippen LogP contribution in [0.2, 0.25) is 0 Å². The molecule has 32 heavy (non-hydrogen) atoms. The molecule has 2 heterocycles. The number of benzene rings is 1. The van der Waals surface area contributed by atoms with Crippen molar-refractivity contribution < 1.29 is 13.2 Å². The third kappa shape index (κ3) is 5.42. The maximum Gasteiger partial charge on any atom is 0.306 e. The number of nitrogens with one attached hydrogen (secondary N) is 1. The van der Waals surface area contributed by atoms with Crippen LogP contribution in [-0.2, 0) is 0 Å². The van der Waals surface area contributed by atoms with Crippen LogP contribution >= 0.6 is 0 Å².